The number of hydrogen-bond donors (Lipinski definition) is 0. The quantitative estimate of drug-likeness (QED) is 0.506. The molecule has 2 heterocycles. The van der Waals surface area contributed by atoms with Gasteiger partial charge in [-0.3, -0.25) is 9.59 Å². The summed E-state index contributed by atoms with van der Waals surface area (Å²) in [4.78, 5) is 32.8. The van der Waals surface area contributed by atoms with Crippen molar-refractivity contribution in [2.24, 2.45) is 0 Å². The molecule has 0 N–H and O–H groups in total. The largest absolute Gasteiger partial charge is 0.353 e. The predicted molar refractivity (Wildman–Crippen MR) is 93.7 cm³/mol. The zero-order chi connectivity index (χ0) is 19.1. The van der Waals surface area contributed by atoms with Gasteiger partial charge in [0.25, 0.3) is 11.1 Å². The van der Waals surface area contributed by atoms with Crippen molar-refractivity contribution in [2.75, 3.05) is 26.4 Å². The van der Waals surface area contributed by atoms with Gasteiger partial charge in [0, 0.05) is 39.3 Å². The molecule has 0 aromatic heterocycles. The fourth-order valence-electron chi connectivity index (χ4n) is 2.90. The van der Waals surface area contributed by atoms with Crippen molar-refractivity contribution in [3.63, 3.8) is 0 Å². The van der Waals surface area contributed by atoms with Crippen LogP contribution in [0.1, 0.15) is 39.1 Å². The molecule has 0 aliphatic carbocycles. The average molecular weight is 366 g/mol. The fourth-order valence-corrected chi connectivity index (χ4v) is 2.90. The molecule has 144 valence electrons. The number of nitrogens with zero attached hydrogens (tertiary/aromatic N) is 2. The van der Waals surface area contributed by atoms with Crippen LogP contribution in [-0.4, -0.2) is 49.0 Å². The van der Waals surface area contributed by atoms with Gasteiger partial charge in [-0.2, -0.15) is 0 Å². The maximum atomic E-state index is 12.4. The van der Waals surface area contributed by atoms with E-state index >= 15 is 0 Å². The summed E-state index contributed by atoms with van der Waals surface area (Å²) in [6.07, 6.45) is -0.665. The van der Waals surface area contributed by atoms with Gasteiger partial charge in [-0.15, -0.1) is 0 Å². The molecule has 0 unspecified atom stereocenters. The molecule has 2 aliphatic heterocycles. The van der Waals surface area contributed by atoms with Crippen LogP contribution in [-0.2, 0) is 31.8 Å². The van der Waals surface area contributed by atoms with Gasteiger partial charge in [-0.25, -0.2) is 9.97 Å². The van der Waals surface area contributed by atoms with Crippen LogP contribution in [0.4, 0.5) is 0 Å². The zero-order valence-electron chi connectivity index (χ0n) is 15.7. The van der Waals surface area contributed by atoms with Crippen molar-refractivity contribution >= 4 is 0 Å². The molecular formula is C18H26N2O6. The molecule has 0 radical (unpaired) electrons. The first kappa shape index (κ1) is 20.6. The summed E-state index contributed by atoms with van der Waals surface area (Å²) in [6, 6.07) is 0. The van der Waals surface area contributed by atoms with E-state index < -0.39 is 23.7 Å². The Labute approximate surface area is 151 Å². The van der Waals surface area contributed by atoms with E-state index in [-0.39, 0.29) is 23.3 Å². The Bertz CT molecular complexity index is 748. The SMILES string of the molecule is CCOC(Cc1nc(=O)c2c(CC(OCC)OCC)nc(=O)c1=2)OCC. The molecule has 0 bridgehead atoms. The molecule has 0 fully saturated rings. The minimum Gasteiger partial charge on any atom is -0.353 e. The van der Waals surface area contributed by atoms with E-state index in [0.717, 1.165) is 0 Å². The first-order valence-electron chi connectivity index (χ1n) is 9.00. The van der Waals surface area contributed by atoms with Crippen molar-refractivity contribution in [1.82, 2.24) is 9.97 Å². The van der Waals surface area contributed by atoms with Gasteiger partial charge in [0.2, 0.25) is 0 Å². The van der Waals surface area contributed by atoms with E-state index in [1.54, 1.807) is 0 Å². The standard InChI is InChI=1S/C18H26N2O6/c1-5-23-13(24-6-2)9-11-15-16(18(22)19-11)12(20-17(15)21)10-14(25-7-3)26-8-4/h13-14H,5-10H2,1-4H3. The van der Waals surface area contributed by atoms with Gasteiger partial charge in [0.1, 0.15) is 0 Å². The van der Waals surface area contributed by atoms with Gasteiger partial charge in [0.15, 0.2) is 12.6 Å². The summed E-state index contributed by atoms with van der Waals surface area (Å²) >= 11 is 0. The second kappa shape index (κ2) is 9.82. The second-order valence-corrected chi connectivity index (χ2v) is 5.57. The van der Waals surface area contributed by atoms with E-state index in [4.69, 9.17) is 18.9 Å². The van der Waals surface area contributed by atoms with Crippen molar-refractivity contribution in [1.29, 1.82) is 0 Å². The molecular weight excluding hydrogens is 340 g/mol. The van der Waals surface area contributed by atoms with Crippen LogP contribution in [0.15, 0.2) is 9.59 Å². The highest BCUT2D eigenvalue weighted by atomic mass is 16.7. The van der Waals surface area contributed by atoms with E-state index in [9.17, 15) is 9.59 Å². The lowest BCUT2D eigenvalue weighted by atomic mass is 10.2. The van der Waals surface area contributed by atoms with Gasteiger partial charge >= 0.3 is 0 Å². The Balaban J connectivity index is 2.38. The second-order valence-electron chi connectivity index (χ2n) is 5.57. The minimum atomic E-state index is -0.556. The van der Waals surface area contributed by atoms with Crippen LogP contribution in [0, 0.1) is 10.4 Å². The van der Waals surface area contributed by atoms with E-state index in [1.807, 2.05) is 27.7 Å². The summed E-state index contributed by atoms with van der Waals surface area (Å²) < 4.78 is 22.0. The summed E-state index contributed by atoms with van der Waals surface area (Å²) in [6.45, 7) is 9.22. The van der Waals surface area contributed by atoms with Crippen molar-refractivity contribution < 1.29 is 18.9 Å². The summed E-state index contributed by atoms with van der Waals surface area (Å²) in [5, 5.41) is 0.502. The van der Waals surface area contributed by atoms with E-state index in [2.05, 4.69) is 9.97 Å². The van der Waals surface area contributed by atoms with Crippen molar-refractivity contribution in [3.05, 3.63) is 42.5 Å². The molecule has 0 amide bonds. The molecule has 0 atom stereocenters. The van der Waals surface area contributed by atoms with Gasteiger partial charge in [-0.1, -0.05) is 0 Å². The molecule has 8 nitrogen and oxygen atoms in total. The van der Waals surface area contributed by atoms with Crippen LogP contribution in [0.25, 0.3) is 0 Å². The van der Waals surface area contributed by atoms with E-state index in [1.165, 1.54) is 0 Å². The Morgan fingerprint density at radius 3 is 1.23 bits per heavy atom. The maximum absolute atomic E-state index is 12.4. The number of rotatable bonds is 12. The fraction of sp³-hybridized carbons (Fsp3) is 0.667. The highest BCUT2D eigenvalue weighted by Gasteiger charge is 2.22. The molecule has 0 saturated heterocycles. The predicted octanol–water partition coefficient (Wildman–Crippen LogP) is 0.681. The minimum absolute atomic E-state index is 0.223. The number of hydrogen-bond acceptors (Lipinski definition) is 8. The van der Waals surface area contributed by atoms with Gasteiger partial charge in [0.05, 0.1) is 21.8 Å². The summed E-state index contributed by atoms with van der Waals surface area (Å²) in [5.74, 6) is 0. The monoisotopic (exact) mass is 366 g/mol. The van der Waals surface area contributed by atoms with Gasteiger partial charge in [-0.05, 0) is 27.7 Å². The molecule has 8 heteroatoms. The molecule has 2 rings (SSSR count). The molecule has 0 aromatic rings. The van der Waals surface area contributed by atoms with Crippen LogP contribution >= 0.6 is 0 Å². The summed E-state index contributed by atoms with van der Waals surface area (Å²) in [5.41, 5.74) is -0.189. The Hall–Kier alpha value is -1.74. The zero-order valence-corrected chi connectivity index (χ0v) is 15.7. The lowest BCUT2D eigenvalue weighted by Crippen LogP contribution is -2.23. The Kier molecular flexibility index (Phi) is 7.77. The maximum Gasteiger partial charge on any atom is 0.279 e. The topological polar surface area (TPSA) is 96.8 Å². The lowest BCUT2D eigenvalue weighted by Gasteiger charge is -2.15. The third-order valence-electron chi connectivity index (χ3n) is 3.86. The molecule has 2 aliphatic rings. The lowest BCUT2D eigenvalue weighted by molar-refractivity contribution is -0.135. The number of ether oxygens (including phenoxy) is 4. The molecule has 26 heavy (non-hydrogen) atoms. The van der Waals surface area contributed by atoms with Crippen LogP contribution in [0.2, 0.25) is 0 Å². The van der Waals surface area contributed by atoms with Crippen LogP contribution < -0.4 is 11.1 Å². The third-order valence-corrected chi connectivity index (χ3v) is 3.86. The van der Waals surface area contributed by atoms with Crippen molar-refractivity contribution in [3.8, 4) is 0 Å². The highest BCUT2D eigenvalue weighted by molar-refractivity contribution is 5.23. The van der Waals surface area contributed by atoms with Crippen LogP contribution in [0.5, 0.6) is 0 Å². The highest BCUT2D eigenvalue weighted by Crippen LogP contribution is 2.11. The smallest absolute Gasteiger partial charge is 0.279 e. The first-order valence-corrected chi connectivity index (χ1v) is 9.00. The molecule has 0 spiro atoms. The Morgan fingerprint density at radius 2 is 0.962 bits per heavy atom. The molecule has 0 aromatic carbocycles. The average Bonchev–Trinajstić information content (AvgIpc) is 3.08. The number of aromatic nitrogens is 2. The van der Waals surface area contributed by atoms with E-state index in [0.29, 0.717) is 37.8 Å². The van der Waals surface area contributed by atoms with Crippen LogP contribution in [0.3, 0.4) is 0 Å². The third kappa shape index (κ3) is 4.70. The normalized spacial score (nSPS) is 12.1. The Morgan fingerprint density at radius 1 is 0.654 bits per heavy atom. The molecule has 0 saturated carbocycles. The summed E-state index contributed by atoms with van der Waals surface area (Å²) in [7, 11) is 0. The van der Waals surface area contributed by atoms with Gasteiger partial charge < -0.3 is 18.9 Å². The van der Waals surface area contributed by atoms with Crippen molar-refractivity contribution in [2.45, 2.75) is 53.1 Å². The first-order chi connectivity index (χ1) is 12.5.